The largest absolute Gasteiger partial charge is 0.478 e. The van der Waals surface area contributed by atoms with Gasteiger partial charge in [-0.05, 0) is 30.3 Å². The third-order valence-corrected chi connectivity index (χ3v) is 5.32. The van der Waals surface area contributed by atoms with Crippen molar-refractivity contribution in [2.75, 3.05) is 4.72 Å². The van der Waals surface area contributed by atoms with E-state index in [0.717, 1.165) is 30.3 Å². The van der Waals surface area contributed by atoms with E-state index < -0.39 is 26.7 Å². The maximum atomic E-state index is 13.0. The standard InChI is InChI=1S/C13H7Cl3FNO4S/c14-8-5-7(17)1-2-10(8)18-23(21,22)11-4-6(13(19)20)3-9(15)12(11)16/h1-5,18H,(H,19,20). The molecule has 0 saturated heterocycles. The molecule has 0 unspecified atom stereocenters. The van der Waals surface area contributed by atoms with Crippen LogP contribution in [0.25, 0.3) is 0 Å². The highest BCUT2D eigenvalue weighted by Gasteiger charge is 2.23. The summed E-state index contributed by atoms with van der Waals surface area (Å²) in [7, 11) is -4.29. The quantitative estimate of drug-likeness (QED) is 0.805. The summed E-state index contributed by atoms with van der Waals surface area (Å²) in [6.45, 7) is 0. The molecule has 0 atom stereocenters. The Bertz CT molecular complexity index is 902. The first-order valence-electron chi connectivity index (χ1n) is 5.82. The summed E-state index contributed by atoms with van der Waals surface area (Å²) in [5.74, 6) is -2.02. The van der Waals surface area contributed by atoms with Crippen LogP contribution in [0.2, 0.25) is 15.1 Å². The number of hydrogen-bond acceptors (Lipinski definition) is 3. The molecule has 122 valence electrons. The minimum absolute atomic E-state index is 0.0963. The Morgan fingerprint density at radius 3 is 2.30 bits per heavy atom. The summed E-state index contributed by atoms with van der Waals surface area (Å²) in [6, 6.07) is 4.92. The van der Waals surface area contributed by atoms with Crippen molar-refractivity contribution in [2.45, 2.75) is 4.90 Å². The van der Waals surface area contributed by atoms with E-state index in [1.807, 2.05) is 0 Å². The molecule has 10 heteroatoms. The maximum Gasteiger partial charge on any atom is 0.335 e. The van der Waals surface area contributed by atoms with Crippen molar-refractivity contribution in [2.24, 2.45) is 0 Å². The molecule has 5 nitrogen and oxygen atoms in total. The molecule has 0 saturated carbocycles. The first kappa shape index (κ1) is 17.8. The lowest BCUT2D eigenvalue weighted by atomic mass is 10.2. The first-order chi connectivity index (χ1) is 10.6. The molecule has 23 heavy (non-hydrogen) atoms. The highest BCUT2D eigenvalue weighted by Crippen LogP contribution is 2.33. The van der Waals surface area contributed by atoms with Crippen molar-refractivity contribution in [1.82, 2.24) is 0 Å². The number of sulfonamides is 1. The van der Waals surface area contributed by atoms with E-state index in [9.17, 15) is 17.6 Å². The number of carboxylic acid groups (broad SMARTS) is 1. The van der Waals surface area contributed by atoms with E-state index in [4.69, 9.17) is 39.9 Å². The molecule has 0 aliphatic rings. The molecule has 2 N–H and O–H groups in total. The van der Waals surface area contributed by atoms with Crippen molar-refractivity contribution in [3.05, 3.63) is 56.8 Å². The number of carbonyl (C=O) groups is 1. The van der Waals surface area contributed by atoms with Gasteiger partial charge in [0.05, 0.1) is 26.3 Å². The number of anilines is 1. The Labute approximate surface area is 145 Å². The molecule has 0 aliphatic heterocycles. The molecular weight excluding hydrogens is 392 g/mol. The van der Waals surface area contributed by atoms with E-state index in [0.29, 0.717) is 0 Å². The number of carboxylic acids is 1. The van der Waals surface area contributed by atoms with Gasteiger partial charge in [0.25, 0.3) is 10.0 Å². The van der Waals surface area contributed by atoms with Crippen LogP contribution in [-0.4, -0.2) is 19.5 Å². The predicted octanol–water partition coefficient (Wildman–Crippen LogP) is 4.28. The van der Waals surface area contributed by atoms with Gasteiger partial charge in [0.1, 0.15) is 10.7 Å². The van der Waals surface area contributed by atoms with Gasteiger partial charge in [-0.1, -0.05) is 34.8 Å². The average molecular weight is 399 g/mol. The van der Waals surface area contributed by atoms with Crippen molar-refractivity contribution in [3.8, 4) is 0 Å². The van der Waals surface area contributed by atoms with Crippen molar-refractivity contribution < 1.29 is 22.7 Å². The van der Waals surface area contributed by atoms with E-state index in [2.05, 4.69) is 4.72 Å². The molecule has 2 aromatic rings. The maximum absolute atomic E-state index is 13.0. The van der Waals surface area contributed by atoms with Crippen LogP contribution in [0.1, 0.15) is 10.4 Å². The van der Waals surface area contributed by atoms with Crippen LogP contribution >= 0.6 is 34.8 Å². The molecule has 2 rings (SSSR count). The average Bonchev–Trinajstić information content (AvgIpc) is 2.44. The topological polar surface area (TPSA) is 83.5 Å². The summed E-state index contributed by atoms with van der Waals surface area (Å²) in [6.07, 6.45) is 0. The fourth-order valence-electron chi connectivity index (χ4n) is 1.65. The van der Waals surface area contributed by atoms with E-state index in [-0.39, 0.29) is 26.3 Å². The van der Waals surface area contributed by atoms with Crippen LogP contribution in [0.3, 0.4) is 0 Å². The number of halogens is 4. The van der Waals surface area contributed by atoms with Gasteiger partial charge in [-0.2, -0.15) is 0 Å². The number of nitrogens with one attached hydrogen (secondary N) is 1. The predicted molar refractivity (Wildman–Crippen MR) is 85.6 cm³/mol. The van der Waals surface area contributed by atoms with E-state index >= 15 is 0 Å². The molecule has 0 amide bonds. The zero-order chi connectivity index (χ0) is 17.4. The van der Waals surface area contributed by atoms with Gasteiger partial charge in [-0.3, -0.25) is 4.72 Å². The van der Waals surface area contributed by atoms with Gasteiger partial charge in [-0.15, -0.1) is 0 Å². The molecule has 0 radical (unpaired) electrons. The van der Waals surface area contributed by atoms with Gasteiger partial charge in [0.2, 0.25) is 0 Å². The molecule has 0 bridgehead atoms. The lowest BCUT2D eigenvalue weighted by Crippen LogP contribution is -2.15. The van der Waals surface area contributed by atoms with Gasteiger partial charge in [0.15, 0.2) is 0 Å². The second-order valence-electron chi connectivity index (χ2n) is 4.31. The van der Waals surface area contributed by atoms with Crippen LogP contribution in [0.5, 0.6) is 0 Å². The number of rotatable bonds is 4. The summed E-state index contributed by atoms with van der Waals surface area (Å²) in [5.41, 5.74) is -0.453. The number of hydrogen-bond donors (Lipinski definition) is 2. The molecule has 2 aromatic carbocycles. The molecule has 0 fully saturated rings. The zero-order valence-electron chi connectivity index (χ0n) is 11.0. The fourth-order valence-corrected chi connectivity index (χ4v) is 3.82. The summed E-state index contributed by atoms with van der Waals surface area (Å²) >= 11 is 17.4. The van der Waals surface area contributed by atoms with Gasteiger partial charge >= 0.3 is 5.97 Å². The third kappa shape index (κ3) is 3.87. The van der Waals surface area contributed by atoms with Crippen LogP contribution in [0, 0.1) is 5.82 Å². The van der Waals surface area contributed by atoms with Gasteiger partial charge in [0, 0.05) is 0 Å². The van der Waals surface area contributed by atoms with Crippen molar-refractivity contribution in [3.63, 3.8) is 0 Å². The summed E-state index contributed by atoms with van der Waals surface area (Å²) in [4.78, 5) is 10.5. The second kappa shape index (κ2) is 6.52. The molecule has 0 aromatic heterocycles. The molecule has 0 heterocycles. The van der Waals surface area contributed by atoms with Crippen LogP contribution < -0.4 is 4.72 Å². The lowest BCUT2D eigenvalue weighted by molar-refractivity contribution is 0.0696. The van der Waals surface area contributed by atoms with Gasteiger partial charge in [-0.25, -0.2) is 17.6 Å². The molecule has 0 spiro atoms. The number of benzene rings is 2. The first-order valence-corrected chi connectivity index (χ1v) is 8.44. The highest BCUT2D eigenvalue weighted by molar-refractivity contribution is 7.92. The Hall–Kier alpha value is -1.54. The minimum Gasteiger partial charge on any atom is -0.478 e. The van der Waals surface area contributed by atoms with E-state index in [1.54, 1.807) is 0 Å². The monoisotopic (exact) mass is 397 g/mol. The van der Waals surface area contributed by atoms with E-state index in [1.165, 1.54) is 0 Å². The lowest BCUT2D eigenvalue weighted by Gasteiger charge is -2.12. The van der Waals surface area contributed by atoms with Crippen molar-refractivity contribution in [1.29, 1.82) is 0 Å². The smallest absolute Gasteiger partial charge is 0.335 e. The molecule has 0 aliphatic carbocycles. The SMILES string of the molecule is O=C(O)c1cc(Cl)c(Cl)c(S(=O)(=O)Nc2ccc(F)cc2Cl)c1. The Morgan fingerprint density at radius 1 is 1.09 bits per heavy atom. The van der Waals surface area contributed by atoms with Crippen LogP contribution in [0.4, 0.5) is 10.1 Å². The Balaban J connectivity index is 2.53. The number of aromatic carboxylic acids is 1. The Morgan fingerprint density at radius 2 is 1.74 bits per heavy atom. The zero-order valence-corrected chi connectivity index (χ0v) is 14.1. The Kier molecular flexibility index (Phi) is 5.05. The fraction of sp³-hybridized carbons (Fsp3) is 0. The van der Waals surface area contributed by atoms with Gasteiger partial charge < -0.3 is 5.11 Å². The highest BCUT2D eigenvalue weighted by atomic mass is 35.5. The normalized spacial score (nSPS) is 11.3. The summed E-state index contributed by atoms with van der Waals surface area (Å²) in [5, 5.41) is 8.22. The van der Waals surface area contributed by atoms with Crippen LogP contribution in [0.15, 0.2) is 35.2 Å². The second-order valence-corrected chi connectivity index (χ2v) is 7.15. The minimum atomic E-state index is -4.29. The molecular formula is C13H7Cl3FNO4S. The third-order valence-electron chi connectivity index (χ3n) is 2.71. The van der Waals surface area contributed by atoms with Crippen LogP contribution in [-0.2, 0) is 10.0 Å². The summed E-state index contributed by atoms with van der Waals surface area (Å²) < 4.78 is 39.9. The van der Waals surface area contributed by atoms with Crippen molar-refractivity contribution >= 4 is 56.5 Å².